The lowest BCUT2D eigenvalue weighted by Gasteiger charge is -2.32. The highest BCUT2D eigenvalue weighted by Gasteiger charge is 2.33. The Morgan fingerprint density at radius 1 is 1.32 bits per heavy atom. The van der Waals surface area contributed by atoms with Gasteiger partial charge in [0, 0.05) is 24.3 Å². The van der Waals surface area contributed by atoms with Crippen molar-refractivity contribution in [2.75, 3.05) is 6.54 Å². The van der Waals surface area contributed by atoms with Gasteiger partial charge in [0.2, 0.25) is 0 Å². The van der Waals surface area contributed by atoms with Gasteiger partial charge in [-0.05, 0) is 19.3 Å². The van der Waals surface area contributed by atoms with Gasteiger partial charge in [-0.1, -0.05) is 0 Å². The molecule has 0 unspecified atom stereocenters. The second-order valence-corrected chi connectivity index (χ2v) is 5.84. The van der Waals surface area contributed by atoms with Crippen LogP contribution in [0.1, 0.15) is 29.8 Å². The number of likely N-dealkylation sites (tertiary alicyclic amines) is 1. The van der Waals surface area contributed by atoms with Crippen LogP contribution in [-0.4, -0.2) is 49.4 Å². The van der Waals surface area contributed by atoms with Crippen LogP contribution in [0, 0.1) is 0 Å². The van der Waals surface area contributed by atoms with E-state index >= 15 is 0 Å². The maximum atomic E-state index is 12.5. The highest BCUT2D eigenvalue weighted by Crippen LogP contribution is 2.24. The van der Waals surface area contributed by atoms with Gasteiger partial charge < -0.3 is 10.0 Å². The summed E-state index contributed by atoms with van der Waals surface area (Å²) in [6, 6.07) is -0.761. The van der Waals surface area contributed by atoms with Crippen molar-refractivity contribution in [2.24, 2.45) is 0 Å². The molecule has 8 heteroatoms. The maximum absolute atomic E-state index is 12.5. The van der Waals surface area contributed by atoms with Crippen LogP contribution in [0.4, 0.5) is 0 Å². The Hall–Kier alpha value is -2.35. The molecule has 1 N–H and O–H groups in total. The fraction of sp³-hybridized carbons (Fsp3) is 0.357. The summed E-state index contributed by atoms with van der Waals surface area (Å²) < 4.78 is 0. The van der Waals surface area contributed by atoms with Crippen molar-refractivity contribution >= 4 is 23.2 Å². The van der Waals surface area contributed by atoms with Crippen LogP contribution >= 0.6 is 11.3 Å². The molecule has 3 rings (SSSR count). The van der Waals surface area contributed by atoms with E-state index in [2.05, 4.69) is 15.0 Å². The van der Waals surface area contributed by atoms with Gasteiger partial charge in [0.1, 0.15) is 22.4 Å². The molecule has 0 spiro atoms. The summed E-state index contributed by atoms with van der Waals surface area (Å²) >= 11 is 1.30. The van der Waals surface area contributed by atoms with Crippen molar-refractivity contribution in [3.05, 3.63) is 29.7 Å². The molecule has 1 fully saturated rings. The first-order valence-corrected chi connectivity index (χ1v) is 7.80. The number of hydrogen-bond donors (Lipinski definition) is 1. The minimum atomic E-state index is -0.961. The monoisotopic (exact) mass is 318 g/mol. The Balaban J connectivity index is 1.83. The van der Waals surface area contributed by atoms with E-state index in [1.807, 2.05) is 0 Å². The topological polar surface area (TPSA) is 96.3 Å². The zero-order valence-corrected chi connectivity index (χ0v) is 12.5. The van der Waals surface area contributed by atoms with E-state index in [-0.39, 0.29) is 11.6 Å². The van der Waals surface area contributed by atoms with E-state index in [1.54, 1.807) is 24.0 Å². The Kier molecular flexibility index (Phi) is 4.10. The molecule has 7 nitrogen and oxygen atoms in total. The van der Waals surface area contributed by atoms with Crippen LogP contribution in [0.2, 0.25) is 0 Å². The molecule has 1 amide bonds. The SMILES string of the molecule is O=C(O)[C@H]1CCCCN1C(=O)c1csc(-c2cnccn2)n1. The van der Waals surface area contributed by atoms with Crippen molar-refractivity contribution < 1.29 is 14.7 Å². The van der Waals surface area contributed by atoms with Gasteiger partial charge in [0.25, 0.3) is 5.91 Å². The minimum Gasteiger partial charge on any atom is -0.480 e. The highest BCUT2D eigenvalue weighted by atomic mass is 32.1. The van der Waals surface area contributed by atoms with Gasteiger partial charge in [-0.15, -0.1) is 11.3 Å². The summed E-state index contributed by atoms with van der Waals surface area (Å²) in [6.45, 7) is 0.452. The third-order valence-electron chi connectivity index (χ3n) is 3.55. The molecule has 2 aromatic heterocycles. The number of carboxylic acid groups (broad SMARTS) is 1. The summed E-state index contributed by atoms with van der Waals surface area (Å²) in [4.78, 5) is 37.6. The van der Waals surface area contributed by atoms with E-state index in [0.717, 1.165) is 12.8 Å². The van der Waals surface area contributed by atoms with Crippen LogP contribution in [0.25, 0.3) is 10.7 Å². The molecule has 0 aliphatic carbocycles. The molecule has 0 bridgehead atoms. The smallest absolute Gasteiger partial charge is 0.326 e. The number of amides is 1. The van der Waals surface area contributed by atoms with Gasteiger partial charge >= 0.3 is 5.97 Å². The molecule has 1 aliphatic rings. The second kappa shape index (κ2) is 6.18. The fourth-order valence-corrected chi connectivity index (χ4v) is 3.23. The maximum Gasteiger partial charge on any atom is 0.326 e. The Bertz CT molecular complexity index is 688. The highest BCUT2D eigenvalue weighted by molar-refractivity contribution is 7.13. The standard InChI is InChI=1S/C14H14N4O3S/c19-13(18-6-2-1-3-11(18)14(20)21)10-8-22-12(17-10)9-7-15-4-5-16-9/h4-5,7-8,11H,1-3,6H2,(H,20,21)/t11-/m1/s1. The Morgan fingerprint density at radius 3 is 2.91 bits per heavy atom. The summed E-state index contributed by atoms with van der Waals surface area (Å²) in [7, 11) is 0. The zero-order valence-electron chi connectivity index (χ0n) is 11.7. The first-order valence-electron chi connectivity index (χ1n) is 6.92. The van der Waals surface area contributed by atoms with Crippen LogP contribution in [0.3, 0.4) is 0 Å². The first kappa shape index (κ1) is 14.6. The lowest BCUT2D eigenvalue weighted by Crippen LogP contribution is -2.48. The number of carboxylic acids is 1. The molecule has 0 aromatic carbocycles. The Morgan fingerprint density at radius 2 is 2.18 bits per heavy atom. The third kappa shape index (κ3) is 2.82. The van der Waals surface area contributed by atoms with Gasteiger partial charge in [-0.3, -0.25) is 14.8 Å². The molecular weight excluding hydrogens is 304 g/mol. The number of nitrogens with zero attached hydrogens (tertiary/aromatic N) is 4. The summed E-state index contributed by atoms with van der Waals surface area (Å²) in [5, 5.41) is 11.5. The summed E-state index contributed by atoms with van der Waals surface area (Å²) in [6.07, 6.45) is 6.83. The molecule has 1 saturated heterocycles. The van der Waals surface area contributed by atoms with Crippen molar-refractivity contribution in [3.8, 4) is 10.7 Å². The molecular formula is C14H14N4O3S. The van der Waals surface area contributed by atoms with Crippen LogP contribution < -0.4 is 0 Å². The number of piperidine rings is 1. The number of thiazole rings is 1. The predicted molar refractivity (Wildman–Crippen MR) is 79.5 cm³/mol. The lowest BCUT2D eigenvalue weighted by molar-refractivity contribution is -0.143. The van der Waals surface area contributed by atoms with Crippen molar-refractivity contribution in [1.82, 2.24) is 19.9 Å². The van der Waals surface area contributed by atoms with Gasteiger partial charge in [-0.2, -0.15) is 0 Å². The lowest BCUT2D eigenvalue weighted by atomic mass is 10.0. The first-order chi connectivity index (χ1) is 10.7. The van der Waals surface area contributed by atoms with Gasteiger partial charge in [0.15, 0.2) is 0 Å². The van der Waals surface area contributed by atoms with Crippen LogP contribution in [0.15, 0.2) is 24.0 Å². The fourth-order valence-electron chi connectivity index (χ4n) is 2.48. The van der Waals surface area contributed by atoms with E-state index < -0.39 is 12.0 Å². The average Bonchev–Trinajstić information content (AvgIpc) is 3.05. The van der Waals surface area contributed by atoms with Crippen molar-refractivity contribution in [2.45, 2.75) is 25.3 Å². The molecule has 1 aliphatic heterocycles. The number of aromatic nitrogens is 3. The average molecular weight is 318 g/mol. The minimum absolute atomic E-state index is 0.263. The molecule has 1 atom stereocenters. The quantitative estimate of drug-likeness (QED) is 0.925. The van der Waals surface area contributed by atoms with Crippen LogP contribution in [-0.2, 0) is 4.79 Å². The molecule has 0 radical (unpaired) electrons. The summed E-state index contributed by atoms with van der Waals surface area (Å²) in [5.74, 6) is -1.30. The number of hydrogen-bond acceptors (Lipinski definition) is 6. The molecule has 0 saturated carbocycles. The van der Waals surface area contributed by atoms with Gasteiger partial charge in [-0.25, -0.2) is 9.78 Å². The number of aliphatic carboxylic acids is 1. The number of carbonyl (C=O) groups is 2. The predicted octanol–water partition coefficient (Wildman–Crippen LogP) is 1.68. The van der Waals surface area contributed by atoms with E-state index in [4.69, 9.17) is 0 Å². The van der Waals surface area contributed by atoms with E-state index in [0.29, 0.717) is 23.7 Å². The van der Waals surface area contributed by atoms with Crippen LogP contribution in [0.5, 0.6) is 0 Å². The molecule has 2 aromatic rings. The molecule has 3 heterocycles. The normalized spacial score (nSPS) is 18.2. The van der Waals surface area contributed by atoms with Crippen molar-refractivity contribution in [1.29, 1.82) is 0 Å². The zero-order chi connectivity index (χ0) is 15.5. The third-order valence-corrected chi connectivity index (χ3v) is 4.42. The van der Waals surface area contributed by atoms with Gasteiger partial charge in [0.05, 0.1) is 6.20 Å². The van der Waals surface area contributed by atoms with Crippen molar-refractivity contribution in [3.63, 3.8) is 0 Å². The molecule has 22 heavy (non-hydrogen) atoms. The van der Waals surface area contributed by atoms with E-state index in [9.17, 15) is 14.7 Å². The largest absolute Gasteiger partial charge is 0.480 e. The van der Waals surface area contributed by atoms with E-state index in [1.165, 1.54) is 16.2 Å². The summed E-state index contributed by atoms with van der Waals surface area (Å²) in [5.41, 5.74) is 0.860. The Labute approximate surface area is 130 Å². The second-order valence-electron chi connectivity index (χ2n) is 4.98. The number of rotatable bonds is 3. The number of carbonyl (C=O) groups excluding carboxylic acids is 1. The molecule has 114 valence electrons.